The summed E-state index contributed by atoms with van der Waals surface area (Å²) in [5.41, 5.74) is 1.99. The van der Waals surface area contributed by atoms with Gasteiger partial charge in [0.1, 0.15) is 5.75 Å². The number of carboxylic acid groups (broad SMARTS) is 1. The number of ether oxygens (including phenoxy) is 1. The number of aryl methyl sites for hydroxylation is 2. The SMILES string of the molecule is Cc1cc(OCC(=O)NC(=S)Nc2cc(C(=O)O)ccc2Cl)cc(C)c1Cl. The maximum Gasteiger partial charge on any atom is 0.335 e. The first-order valence-electron chi connectivity index (χ1n) is 7.70. The number of amides is 1. The quantitative estimate of drug-likeness (QED) is 0.620. The number of halogens is 2. The van der Waals surface area contributed by atoms with Crippen molar-refractivity contribution < 1.29 is 19.4 Å². The molecule has 0 aliphatic heterocycles. The number of carboxylic acids is 1. The molecule has 0 heterocycles. The molecule has 0 radical (unpaired) electrons. The van der Waals surface area contributed by atoms with E-state index in [1.165, 1.54) is 18.2 Å². The number of aromatic carboxylic acids is 1. The molecule has 0 unspecified atom stereocenters. The standard InChI is InChI=1S/C18H16Cl2N2O4S/c1-9-5-12(6-10(2)16(9)20)26-8-15(23)22-18(27)21-14-7-11(17(24)25)3-4-13(14)19/h3-7H,8H2,1-2H3,(H,24,25)(H2,21,22,23,27). The lowest BCUT2D eigenvalue weighted by atomic mass is 10.1. The average molecular weight is 427 g/mol. The van der Waals surface area contributed by atoms with Crippen molar-refractivity contribution in [3.05, 3.63) is 57.1 Å². The van der Waals surface area contributed by atoms with E-state index in [0.29, 0.717) is 10.8 Å². The van der Waals surface area contributed by atoms with Gasteiger partial charge in [0.25, 0.3) is 5.91 Å². The monoisotopic (exact) mass is 426 g/mol. The number of rotatable bonds is 5. The van der Waals surface area contributed by atoms with Crippen LogP contribution in [0.1, 0.15) is 21.5 Å². The fraction of sp³-hybridized carbons (Fsp3) is 0.167. The second kappa shape index (κ2) is 9.03. The van der Waals surface area contributed by atoms with Gasteiger partial charge < -0.3 is 15.2 Å². The Morgan fingerprint density at radius 3 is 2.37 bits per heavy atom. The summed E-state index contributed by atoms with van der Waals surface area (Å²) < 4.78 is 5.45. The lowest BCUT2D eigenvalue weighted by molar-refractivity contribution is -0.121. The number of carbonyl (C=O) groups is 2. The van der Waals surface area contributed by atoms with E-state index in [1.54, 1.807) is 12.1 Å². The molecule has 9 heteroatoms. The topological polar surface area (TPSA) is 87.7 Å². The van der Waals surface area contributed by atoms with Gasteiger partial charge >= 0.3 is 5.97 Å². The highest BCUT2D eigenvalue weighted by molar-refractivity contribution is 7.80. The summed E-state index contributed by atoms with van der Waals surface area (Å²) in [5.74, 6) is -1.07. The van der Waals surface area contributed by atoms with Crippen molar-refractivity contribution in [2.24, 2.45) is 0 Å². The van der Waals surface area contributed by atoms with Gasteiger partial charge in [0.05, 0.1) is 16.3 Å². The first-order valence-corrected chi connectivity index (χ1v) is 8.87. The maximum absolute atomic E-state index is 12.0. The van der Waals surface area contributed by atoms with Crippen LogP contribution >= 0.6 is 35.4 Å². The third-order valence-electron chi connectivity index (χ3n) is 3.49. The Bertz CT molecular complexity index is 895. The number of anilines is 1. The predicted octanol–water partition coefficient (Wildman–Crippen LogP) is 4.20. The summed E-state index contributed by atoms with van der Waals surface area (Å²) in [5, 5.41) is 15.0. The van der Waals surface area contributed by atoms with Crippen LogP contribution in [-0.4, -0.2) is 28.7 Å². The van der Waals surface area contributed by atoms with Gasteiger partial charge in [0.15, 0.2) is 11.7 Å². The van der Waals surface area contributed by atoms with Crippen LogP contribution in [0.2, 0.25) is 10.0 Å². The average Bonchev–Trinajstić information content (AvgIpc) is 2.59. The molecule has 1 amide bonds. The molecule has 0 saturated heterocycles. The summed E-state index contributed by atoms with van der Waals surface area (Å²) in [6, 6.07) is 7.57. The lowest BCUT2D eigenvalue weighted by Crippen LogP contribution is -2.37. The van der Waals surface area contributed by atoms with Crippen LogP contribution < -0.4 is 15.4 Å². The Balaban J connectivity index is 1.93. The van der Waals surface area contributed by atoms with Crippen molar-refractivity contribution in [1.82, 2.24) is 5.32 Å². The van der Waals surface area contributed by atoms with Crippen molar-refractivity contribution in [2.75, 3.05) is 11.9 Å². The van der Waals surface area contributed by atoms with Crippen LogP contribution in [0.4, 0.5) is 5.69 Å². The summed E-state index contributed by atoms with van der Waals surface area (Å²) in [7, 11) is 0. The second-order valence-corrected chi connectivity index (χ2v) is 6.86. The minimum atomic E-state index is -1.10. The zero-order valence-electron chi connectivity index (χ0n) is 14.4. The van der Waals surface area contributed by atoms with Gasteiger partial charge in [0, 0.05) is 5.02 Å². The predicted molar refractivity (Wildman–Crippen MR) is 109 cm³/mol. The molecule has 0 aliphatic rings. The van der Waals surface area contributed by atoms with E-state index in [0.717, 1.165) is 11.1 Å². The Labute approximate surface area is 171 Å². The smallest absolute Gasteiger partial charge is 0.335 e. The third-order valence-corrected chi connectivity index (χ3v) is 4.62. The molecular weight excluding hydrogens is 411 g/mol. The molecule has 6 nitrogen and oxygen atoms in total. The zero-order valence-corrected chi connectivity index (χ0v) is 16.8. The minimum absolute atomic E-state index is 0.0310. The summed E-state index contributed by atoms with van der Waals surface area (Å²) in [6.45, 7) is 3.43. The van der Waals surface area contributed by atoms with E-state index in [9.17, 15) is 9.59 Å². The highest BCUT2D eigenvalue weighted by atomic mass is 35.5. The van der Waals surface area contributed by atoms with Crippen molar-refractivity contribution in [1.29, 1.82) is 0 Å². The van der Waals surface area contributed by atoms with Crippen molar-refractivity contribution in [3.63, 3.8) is 0 Å². The van der Waals surface area contributed by atoms with Gasteiger partial charge in [-0.1, -0.05) is 23.2 Å². The van der Waals surface area contributed by atoms with Crippen molar-refractivity contribution in [2.45, 2.75) is 13.8 Å². The lowest BCUT2D eigenvalue weighted by Gasteiger charge is -2.13. The van der Waals surface area contributed by atoms with Crippen LogP contribution in [0.3, 0.4) is 0 Å². The Morgan fingerprint density at radius 2 is 1.78 bits per heavy atom. The molecule has 0 bridgehead atoms. The number of carbonyl (C=O) groups excluding carboxylic acids is 1. The molecule has 0 saturated carbocycles. The number of thiocarbonyl (C=S) groups is 1. The van der Waals surface area contributed by atoms with E-state index in [1.807, 2.05) is 13.8 Å². The van der Waals surface area contributed by atoms with Crippen molar-refractivity contribution in [3.8, 4) is 5.75 Å². The van der Waals surface area contributed by atoms with E-state index in [4.69, 9.17) is 45.3 Å². The largest absolute Gasteiger partial charge is 0.484 e. The van der Waals surface area contributed by atoms with E-state index >= 15 is 0 Å². The van der Waals surface area contributed by atoms with Crippen LogP contribution in [0, 0.1) is 13.8 Å². The molecule has 3 N–H and O–H groups in total. The third kappa shape index (κ3) is 5.82. The molecule has 0 aliphatic carbocycles. The summed E-state index contributed by atoms with van der Waals surface area (Å²) in [4.78, 5) is 23.0. The molecule has 2 rings (SSSR count). The Hall–Kier alpha value is -2.35. The van der Waals surface area contributed by atoms with Crippen LogP contribution in [0.25, 0.3) is 0 Å². The first-order chi connectivity index (χ1) is 12.7. The maximum atomic E-state index is 12.0. The number of hydrogen-bond donors (Lipinski definition) is 3. The molecule has 0 fully saturated rings. The molecule has 0 atom stereocenters. The second-order valence-electron chi connectivity index (χ2n) is 5.66. The van der Waals surface area contributed by atoms with Gasteiger partial charge in [0.2, 0.25) is 0 Å². The highest BCUT2D eigenvalue weighted by Crippen LogP contribution is 2.26. The normalized spacial score (nSPS) is 10.2. The van der Waals surface area contributed by atoms with Crippen LogP contribution in [0.15, 0.2) is 30.3 Å². The van der Waals surface area contributed by atoms with Gasteiger partial charge in [-0.25, -0.2) is 4.79 Å². The molecule has 27 heavy (non-hydrogen) atoms. The number of nitrogens with one attached hydrogen (secondary N) is 2. The minimum Gasteiger partial charge on any atom is -0.484 e. The van der Waals surface area contributed by atoms with E-state index in [-0.39, 0.29) is 28.0 Å². The summed E-state index contributed by atoms with van der Waals surface area (Å²) in [6.07, 6.45) is 0. The number of benzene rings is 2. The van der Waals surface area contributed by atoms with Gasteiger partial charge in [-0.2, -0.15) is 0 Å². The van der Waals surface area contributed by atoms with Gasteiger partial charge in [-0.15, -0.1) is 0 Å². The first kappa shape index (κ1) is 21.0. The highest BCUT2D eigenvalue weighted by Gasteiger charge is 2.11. The molecule has 0 spiro atoms. The fourth-order valence-electron chi connectivity index (χ4n) is 2.21. The Morgan fingerprint density at radius 1 is 1.15 bits per heavy atom. The number of hydrogen-bond acceptors (Lipinski definition) is 4. The molecule has 2 aromatic rings. The van der Waals surface area contributed by atoms with E-state index in [2.05, 4.69) is 10.6 Å². The zero-order chi connectivity index (χ0) is 20.1. The molecule has 2 aromatic carbocycles. The molecule has 142 valence electrons. The summed E-state index contributed by atoms with van der Waals surface area (Å²) >= 11 is 17.1. The fourth-order valence-corrected chi connectivity index (χ4v) is 2.71. The van der Waals surface area contributed by atoms with Crippen LogP contribution in [-0.2, 0) is 4.79 Å². The van der Waals surface area contributed by atoms with Crippen LogP contribution in [0.5, 0.6) is 5.75 Å². The van der Waals surface area contributed by atoms with E-state index < -0.39 is 11.9 Å². The van der Waals surface area contributed by atoms with Crippen molar-refractivity contribution >= 4 is 58.1 Å². The molecular formula is C18H16Cl2N2O4S. The Kier molecular flexibility index (Phi) is 7.01. The molecule has 0 aromatic heterocycles. The van der Waals surface area contributed by atoms with Gasteiger partial charge in [-0.3, -0.25) is 10.1 Å². The van der Waals surface area contributed by atoms with Gasteiger partial charge in [-0.05, 0) is 67.5 Å².